The monoisotopic (exact) mass is 334 g/mol. The average Bonchev–Trinajstić information content (AvgIpc) is 2.58. The third-order valence-corrected chi connectivity index (χ3v) is 3.35. The second kappa shape index (κ2) is 10.4. The molecule has 1 aromatic carbocycles. The molecule has 0 aliphatic carbocycles. The number of hydrogen-bond donors (Lipinski definition) is 2. The van der Waals surface area contributed by atoms with E-state index in [4.69, 9.17) is 4.74 Å². The van der Waals surface area contributed by atoms with Crippen molar-refractivity contribution in [1.82, 2.24) is 10.6 Å². The minimum Gasteiger partial charge on any atom is -0.494 e. The molecule has 2 amide bonds. The Kier molecular flexibility index (Phi) is 8.54. The molecule has 6 nitrogen and oxygen atoms in total. The van der Waals surface area contributed by atoms with Crippen LogP contribution >= 0.6 is 0 Å². The maximum atomic E-state index is 12.1. The SMILES string of the molecule is CCCOc1ccc(C(=O)CCC(=O)N[C@@H](C)C(=O)NCC)cc1. The summed E-state index contributed by atoms with van der Waals surface area (Å²) in [4.78, 5) is 35.4. The Morgan fingerprint density at radius 1 is 1.08 bits per heavy atom. The molecule has 6 heteroatoms. The maximum absolute atomic E-state index is 12.1. The summed E-state index contributed by atoms with van der Waals surface area (Å²) in [5.74, 6) is 0.0598. The van der Waals surface area contributed by atoms with E-state index in [0.717, 1.165) is 12.2 Å². The standard InChI is InChI=1S/C18H26N2O4/c1-4-12-24-15-8-6-14(7-9-15)16(21)10-11-17(22)20-13(3)18(23)19-5-2/h6-9,13H,4-5,10-12H2,1-3H3,(H,19,23)(H,20,22)/t13-/m0/s1. The van der Waals surface area contributed by atoms with Crippen LogP contribution in [0.5, 0.6) is 5.75 Å². The largest absolute Gasteiger partial charge is 0.494 e. The molecule has 1 aromatic rings. The van der Waals surface area contributed by atoms with Crippen molar-refractivity contribution in [3.05, 3.63) is 29.8 Å². The van der Waals surface area contributed by atoms with E-state index in [1.54, 1.807) is 31.2 Å². The van der Waals surface area contributed by atoms with Crippen LogP contribution in [0.25, 0.3) is 0 Å². The Labute approximate surface area is 143 Å². The number of benzene rings is 1. The van der Waals surface area contributed by atoms with E-state index in [1.807, 2.05) is 13.8 Å². The van der Waals surface area contributed by atoms with Gasteiger partial charge in [-0.1, -0.05) is 6.92 Å². The van der Waals surface area contributed by atoms with Gasteiger partial charge in [0.2, 0.25) is 11.8 Å². The first-order valence-corrected chi connectivity index (χ1v) is 8.31. The Morgan fingerprint density at radius 3 is 2.33 bits per heavy atom. The van der Waals surface area contributed by atoms with Crippen LogP contribution in [-0.4, -0.2) is 36.8 Å². The van der Waals surface area contributed by atoms with E-state index >= 15 is 0 Å². The molecule has 0 fully saturated rings. The van der Waals surface area contributed by atoms with Crippen molar-refractivity contribution in [2.24, 2.45) is 0 Å². The van der Waals surface area contributed by atoms with Crippen LogP contribution in [0, 0.1) is 0 Å². The van der Waals surface area contributed by atoms with E-state index in [1.165, 1.54) is 0 Å². The minimum atomic E-state index is -0.609. The highest BCUT2D eigenvalue weighted by molar-refractivity contribution is 5.98. The van der Waals surface area contributed by atoms with Gasteiger partial charge in [0, 0.05) is 24.9 Å². The van der Waals surface area contributed by atoms with E-state index in [9.17, 15) is 14.4 Å². The van der Waals surface area contributed by atoms with Gasteiger partial charge in [-0.05, 0) is 44.5 Å². The number of likely N-dealkylation sites (N-methyl/N-ethyl adjacent to an activating group) is 1. The van der Waals surface area contributed by atoms with Crippen LogP contribution in [0.3, 0.4) is 0 Å². The molecule has 1 atom stereocenters. The minimum absolute atomic E-state index is 0.0522. The van der Waals surface area contributed by atoms with Gasteiger partial charge in [-0.2, -0.15) is 0 Å². The Balaban J connectivity index is 2.42. The van der Waals surface area contributed by atoms with Crippen molar-refractivity contribution >= 4 is 17.6 Å². The van der Waals surface area contributed by atoms with Gasteiger partial charge in [0.1, 0.15) is 11.8 Å². The molecule has 24 heavy (non-hydrogen) atoms. The van der Waals surface area contributed by atoms with E-state index in [-0.39, 0.29) is 30.4 Å². The van der Waals surface area contributed by atoms with Crippen molar-refractivity contribution in [2.75, 3.05) is 13.2 Å². The fraction of sp³-hybridized carbons (Fsp3) is 0.500. The summed E-state index contributed by atoms with van der Waals surface area (Å²) >= 11 is 0. The molecule has 0 radical (unpaired) electrons. The number of carbonyl (C=O) groups is 3. The number of Topliss-reactive ketones (excluding diaryl/α,β-unsaturated/α-hetero) is 1. The van der Waals surface area contributed by atoms with Crippen molar-refractivity contribution in [1.29, 1.82) is 0 Å². The molecule has 2 N–H and O–H groups in total. The number of hydrogen-bond acceptors (Lipinski definition) is 4. The summed E-state index contributed by atoms with van der Waals surface area (Å²) in [6, 6.07) is 6.29. The summed E-state index contributed by atoms with van der Waals surface area (Å²) in [5.41, 5.74) is 0.545. The molecule has 1 rings (SSSR count). The lowest BCUT2D eigenvalue weighted by Gasteiger charge is -2.13. The molecule has 0 aliphatic rings. The normalized spacial score (nSPS) is 11.5. The molecular formula is C18H26N2O4. The van der Waals surface area contributed by atoms with Crippen LogP contribution in [0.2, 0.25) is 0 Å². The molecule has 0 spiro atoms. The highest BCUT2D eigenvalue weighted by atomic mass is 16.5. The summed E-state index contributed by atoms with van der Waals surface area (Å²) in [6.07, 6.45) is 1.07. The predicted molar refractivity (Wildman–Crippen MR) is 92.1 cm³/mol. The van der Waals surface area contributed by atoms with E-state index in [2.05, 4.69) is 10.6 Å². The van der Waals surface area contributed by atoms with Crippen LogP contribution in [-0.2, 0) is 9.59 Å². The van der Waals surface area contributed by atoms with Gasteiger partial charge in [-0.15, -0.1) is 0 Å². The number of ketones is 1. The molecule has 0 unspecified atom stereocenters. The molecule has 0 aromatic heterocycles. The first-order valence-electron chi connectivity index (χ1n) is 8.31. The van der Waals surface area contributed by atoms with Gasteiger partial charge in [-0.3, -0.25) is 14.4 Å². The van der Waals surface area contributed by atoms with Crippen molar-refractivity contribution < 1.29 is 19.1 Å². The fourth-order valence-corrected chi connectivity index (χ4v) is 2.03. The summed E-state index contributed by atoms with van der Waals surface area (Å²) < 4.78 is 5.46. The average molecular weight is 334 g/mol. The predicted octanol–water partition coefficient (Wildman–Crippen LogP) is 2.08. The Morgan fingerprint density at radius 2 is 1.75 bits per heavy atom. The summed E-state index contributed by atoms with van der Waals surface area (Å²) in [5, 5.41) is 5.21. The zero-order chi connectivity index (χ0) is 17.9. The van der Waals surface area contributed by atoms with Crippen LogP contribution in [0.15, 0.2) is 24.3 Å². The first kappa shape index (κ1) is 19.7. The van der Waals surface area contributed by atoms with E-state index in [0.29, 0.717) is 18.7 Å². The van der Waals surface area contributed by atoms with Crippen molar-refractivity contribution in [2.45, 2.75) is 46.1 Å². The van der Waals surface area contributed by atoms with Gasteiger partial charge in [0.25, 0.3) is 0 Å². The third kappa shape index (κ3) is 6.81. The summed E-state index contributed by atoms with van der Waals surface area (Å²) in [6.45, 7) is 6.59. The number of rotatable bonds is 10. The van der Waals surface area contributed by atoms with Gasteiger partial charge < -0.3 is 15.4 Å². The van der Waals surface area contributed by atoms with Gasteiger partial charge in [0.15, 0.2) is 5.78 Å². The lowest BCUT2D eigenvalue weighted by molar-refractivity contribution is -0.128. The Hall–Kier alpha value is -2.37. The molecule has 0 saturated carbocycles. The molecule has 132 valence electrons. The second-order valence-electron chi connectivity index (χ2n) is 5.48. The zero-order valence-corrected chi connectivity index (χ0v) is 14.6. The highest BCUT2D eigenvalue weighted by Crippen LogP contribution is 2.14. The molecule has 0 saturated heterocycles. The summed E-state index contributed by atoms with van der Waals surface area (Å²) in [7, 11) is 0. The Bertz CT molecular complexity index is 555. The van der Waals surface area contributed by atoms with Gasteiger partial charge >= 0.3 is 0 Å². The lowest BCUT2D eigenvalue weighted by Crippen LogP contribution is -2.44. The van der Waals surface area contributed by atoms with Crippen LogP contribution in [0.1, 0.15) is 50.4 Å². The van der Waals surface area contributed by atoms with Crippen molar-refractivity contribution in [3.8, 4) is 5.75 Å². The van der Waals surface area contributed by atoms with Crippen molar-refractivity contribution in [3.63, 3.8) is 0 Å². The number of carbonyl (C=O) groups excluding carboxylic acids is 3. The smallest absolute Gasteiger partial charge is 0.242 e. The maximum Gasteiger partial charge on any atom is 0.242 e. The topological polar surface area (TPSA) is 84.5 Å². The fourth-order valence-electron chi connectivity index (χ4n) is 2.03. The lowest BCUT2D eigenvalue weighted by atomic mass is 10.1. The van der Waals surface area contributed by atoms with Gasteiger partial charge in [0.05, 0.1) is 6.61 Å². The molecule has 0 aliphatic heterocycles. The zero-order valence-electron chi connectivity index (χ0n) is 14.6. The highest BCUT2D eigenvalue weighted by Gasteiger charge is 2.15. The molecule has 0 heterocycles. The third-order valence-electron chi connectivity index (χ3n) is 3.35. The molecule has 0 bridgehead atoms. The number of nitrogens with one attached hydrogen (secondary N) is 2. The van der Waals surface area contributed by atoms with E-state index < -0.39 is 6.04 Å². The second-order valence-corrected chi connectivity index (χ2v) is 5.48. The first-order chi connectivity index (χ1) is 11.5. The van der Waals surface area contributed by atoms with Gasteiger partial charge in [-0.25, -0.2) is 0 Å². The number of ether oxygens (including phenoxy) is 1. The quantitative estimate of drug-likeness (QED) is 0.642. The molecular weight excluding hydrogens is 308 g/mol. The number of amides is 2. The van der Waals surface area contributed by atoms with Crippen LogP contribution < -0.4 is 15.4 Å². The van der Waals surface area contributed by atoms with Crippen LogP contribution in [0.4, 0.5) is 0 Å².